The Balaban J connectivity index is 1.87. The van der Waals surface area contributed by atoms with E-state index in [1.165, 1.54) is 0 Å². The Morgan fingerprint density at radius 3 is 2.74 bits per heavy atom. The molecule has 0 aliphatic heterocycles. The van der Waals surface area contributed by atoms with E-state index in [9.17, 15) is 0 Å². The summed E-state index contributed by atoms with van der Waals surface area (Å²) in [5, 5.41) is 11.5. The fourth-order valence-electron chi connectivity index (χ4n) is 1.61. The fraction of sp³-hybridized carbons (Fsp3) is 0.538. The van der Waals surface area contributed by atoms with Crippen molar-refractivity contribution in [1.82, 2.24) is 15.5 Å². The highest BCUT2D eigenvalue weighted by atomic mass is 79.9. The van der Waals surface area contributed by atoms with Gasteiger partial charge in [-0.25, -0.2) is 0 Å². The van der Waals surface area contributed by atoms with Gasteiger partial charge in [-0.15, -0.1) is 10.2 Å². The third-order valence-electron chi connectivity index (χ3n) is 2.54. The van der Waals surface area contributed by atoms with Crippen molar-refractivity contribution < 1.29 is 8.83 Å². The Kier molecular flexibility index (Phi) is 4.42. The Morgan fingerprint density at radius 1 is 1.32 bits per heavy atom. The molecule has 19 heavy (non-hydrogen) atoms. The van der Waals surface area contributed by atoms with Gasteiger partial charge < -0.3 is 14.2 Å². The molecular formula is C13H18BrN3O2. The van der Waals surface area contributed by atoms with E-state index in [1.807, 2.05) is 0 Å². The first-order valence-electron chi connectivity index (χ1n) is 6.26. The van der Waals surface area contributed by atoms with Crippen LogP contribution < -0.4 is 5.32 Å². The molecule has 104 valence electrons. The van der Waals surface area contributed by atoms with Crippen molar-refractivity contribution in [3.05, 3.63) is 22.9 Å². The van der Waals surface area contributed by atoms with Crippen LogP contribution in [0, 0.1) is 0 Å². The summed E-state index contributed by atoms with van der Waals surface area (Å²) >= 11 is 3.29. The number of furan rings is 1. The second-order valence-corrected chi connectivity index (χ2v) is 6.11. The van der Waals surface area contributed by atoms with E-state index in [4.69, 9.17) is 8.83 Å². The normalized spacial score (nSPS) is 12.0. The monoisotopic (exact) mass is 327 g/mol. The smallest absolute Gasteiger partial charge is 0.252 e. The van der Waals surface area contributed by atoms with Gasteiger partial charge >= 0.3 is 0 Å². The van der Waals surface area contributed by atoms with Crippen LogP contribution in [0.15, 0.2) is 25.8 Å². The number of hydrogen-bond donors (Lipinski definition) is 1. The van der Waals surface area contributed by atoms with Crippen LogP contribution >= 0.6 is 15.9 Å². The molecular weight excluding hydrogens is 310 g/mol. The number of nitrogens with zero attached hydrogens (tertiary/aromatic N) is 2. The van der Waals surface area contributed by atoms with E-state index in [-0.39, 0.29) is 5.54 Å². The molecule has 0 aromatic carbocycles. The Morgan fingerprint density at radius 2 is 2.11 bits per heavy atom. The average Bonchev–Trinajstić information content (AvgIpc) is 2.91. The van der Waals surface area contributed by atoms with Gasteiger partial charge in [0, 0.05) is 12.0 Å². The number of aromatic nitrogens is 2. The van der Waals surface area contributed by atoms with Gasteiger partial charge in [0.1, 0.15) is 0 Å². The van der Waals surface area contributed by atoms with Gasteiger partial charge in [0.15, 0.2) is 4.67 Å². The van der Waals surface area contributed by atoms with Crippen molar-refractivity contribution in [2.24, 2.45) is 0 Å². The van der Waals surface area contributed by atoms with Crippen LogP contribution in [-0.2, 0) is 6.42 Å². The quantitative estimate of drug-likeness (QED) is 0.852. The van der Waals surface area contributed by atoms with Crippen LogP contribution in [0.25, 0.3) is 11.5 Å². The average molecular weight is 328 g/mol. The zero-order valence-corrected chi connectivity index (χ0v) is 13.0. The largest absolute Gasteiger partial charge is 0.457 e. The molecule has 6 heteroatoms. The first-order chi connectivity index (χ1) is 8.96. The third-order valence-corrected chi connectivity index (χ3v) is 3.15. The summed E-state index contributed by atoms with van der Waals surface area (Å²) in [6, 6.07) is 1.79. The highest BCUT2D eigenvalue weighted by molar-refractivity contribution is 9.10. The SMILES string of the molecule is CC(C)(C)NCCCc1nnc(-c2ccoc2Br)o1. The van der Waals surface area contributed by atoms with Gasteiger partial charge in [0.2, 0.25) is 5.89 Å². The molecule has 0 spiro atoms. The maximum atomic E-state index is 5.60. The van der Waals surface area contributed by atoms with E-state index < -0.39 is 0 Å². The molecule has 2 heterocycles. The summed E-state index contributed by atoms with van der Waals surface area (Å²) in [4.78, 5) is 0. The van der Waals surface area contributed by atoms with Gasteiger partial charge in [0.05, 0.1) is 11.8 Å². The fourth-order valence-corrected chi connectivity index (χ4v) is 2.02. The lowest BCUT2D eigenvalue weighted by Crippen LogP contribution is -2.36. The molecule has 0 unspecified atom stereocenters. The Hall–Kier alpha value is -1.14. The molecule has 0 atom stereocenters. The summed E-state index contributed by atoms with van der Waals surface area (Å²) in [7, 11) is 0. The van der Waals surface area contributed by atoms with Crippen molar-refractivity contribution in [1.29, 1.82) is 0 Å². The summed E-state index contributed by atoms with van der Waals surface area (Å²) in [5.41, 5.74) is 0.924. The molecule has 0 bridgehead atoms. The maximum Gasteiger partial charge on any atom is 0.252 e. The number of aryl methyl sites for hydroxylation is 1. The van der Waals surface area contributed by atoms with Gasteiger partial charge in [-0.1, -0.05) is 0 Å². The molecule has 0 saturated heterocycles. The van der Waals surface area contributed by atoms with Gasteiger partial charge in [-0.05, 0) is 55.7 Å². The van der Waals surface area contributed by atoms with E-state index >= 15 is 0 Å². The molecule has 5 nitrogen and oxygen atoms in total. The minimum Gasteiger partial charge on any atom is -0.457 e. The lowest BCUT2D eigenvalue weighted by Gasteiger charge is -2.19. The van der Waals surface area contributed by atoms with Crippen LogP contribution in [0.5, 0.6) is 0 Å². The predicted molar refractivity (Wildman–Crippen MR) is 75.8 cm³/mol. The molecule has 0 aliphatic carbocycles. The van der Waals surface area contributed by atoms with E-state index in [0.717, 1.165) is 24.9 Å². The first-order valence-corrected chi connectivity index (χ1v) is 7.06. The number of rotatable bonds is 5. The van der Waals surface area contributed by atoms with Gasteiger partial charge in [0.25, 0.3) is 5.89 Å². The van der Waals surface area contributed by atoms with E-state index in [0.29, 0.717) is 16.5 Å². The number of halogens is 1. The maximum absolute atomic E-state index is 5.60. The highest BCUT2D eigenvalue weighted by Crippen LogP contribution is 2.28. The Labute approximate surface area is 120 Å². The van der Waals surface area contributed by atoms with Crippen molar-refractivity contribution in [2.45, 2.75) is 39.2 Å². The summed E-state index contributed by atoms with van der Waals surface area (Å²) in [6.45, 7) is 7.37. The molecule has 0 fully saturated rings. The number of hydrogen-bond acceptors (Lipinski definition) is 5. The highest BCUT2D eigenvalue weighted by Gasteiger charge is 2.14. The first kappa shape index (κ1) is 14.3. The second-order valence-electron chi connectivity index (χ2n) is 5.39. The molecule has 0 amide bonds. The number of nitrogens with one attached hydrogen (secondary N) is 1. The molecule has 2 rings (SSSR count). The van der Waals surface area contributed by atoms with Crippen molar-refractivity contribution in [2.75, 3.05) is 6.54 Å². The second kappa shape index (κ2) is 5.88. The lowest BCUT2D eigenvalue weighted by molar-refractivity contribution is 0.412. The standard InChI is InChI=1S/C13H18BrN3O2/c1-13(2,3)15-7-4-5-10-16-17-12(19-10)9-6-8-18-11(9)14/h6,8,15H,4-5,7H2,1-3H3. The van der Waals surface area contributed by atoms with Crippen LogP contribution in [0.3, 0.4) is 0 Å². The van der Waals surface area contributed by atoms with E-state index in [1.54, 1.807) is 12.3 Å². The molecule has 2 aromatic rings. The topological polar surface area (TPSA) is 64.1 Å². The van der Waals surface area contributed by atoms with Crippen molar-refractivity contribution in [3.63, 3.8) is 0 Å². The zero-order valence-electron chi connectivity index (χ0n) is 11.4. The predicted octanol–water partition coefficient (Wildman–Crippen LogP) is 3.41. The minimum absolute atomic E-state index is 0.141. The van der Waals surface area contributed by atoms with Crippen LogP contribution in [0.2, 0.25) is 0 Å². The molecule has 1 N–H and O–H groups in total. The van der Waals surface area contributed by atoms with Crippen LogP contribution in [-0.4, -0.2) is 22.3 Å². The molecule has 0 radical (unpaired) electrons. The third kappa shape index (κ3) is 4.18. The summed E-state index contributed by atoms with van der Waals surface area (Å²) < 4.78 is 11.4. The Bertz CT molecular complexity index is 528. The zero-order chi connectivity index (χ0) is 13.9. The van der Waals surface area contributed by atoms with Crippen molar-refractivity contribution in [3.8, 4) is 11.5 Å². The summed E-state index contributed by atoms with van der Waals surface area (Å²) in [5.74, 6) is 1.14. The van der Waals surface area contributed by atoms with Crippen LogP contribution in [0.4, 0.5) is 0 Å². The summed E-state index contributed by atoms with van der Waals surface area (Å²) in [6.07, 6.45) is 3.31. The minimum atomic E-state index is 0.141. The lowest BCUT2D eigenvalue weighted by atomic mass is 10.1. The van der Waals surface area contributed by atoms with Crippen molar-refractivity contribution >= 4 is 15.9 Å². The van der Waals surface area contributed by atoms with E-state index in [2.05, 4.69) is 52.2 Å². The van der Waals surface area contributed by atoms with Gasteiger partial charge in [-0.2, -0.15) is 0 Å². The van der Waals surface area contributed by atoms with Crippen LogP contribution in [0.1, 0.15) is 33.1 Å². The molecule has 0 saturated carbocycles. The van der Waals surface area contributed by atoms with Gasteiger partial charge in [-0.3, -0.25) is 0 Å². The molecule has 0 aliphatic rings. The molecule has 2 aromatic heterocycles.